The first kappa shape index (κ1) is 14.8. The fraction of sp³-hybridized carbons (Fsp3) is 0.562. The van der Waals surface area contributed by atoms with E-state index in [1.807, 2.05) is 37.9 Å². The number of aromatic nitrogens is 4. The molecule has 3 rings (SSSR count). The molecule has 3 heterocycles. The summed E-state index contributed by atoms with van der Waals surface area (Å²) in [7, 11) is 0. The SMILES string of the molecule is Cc1cc(C)n(CC(=O)N2CCCCC2c2[nH]ncc2C)n1. The van der Waals surface area contributed by atoms with Crippen LogP contribution in [0.2, 0.25) is 0 Å². The quantitative estimate of drug-likeness (QED) is 0.946. The largest absolute Gasteiger partial charge is 0.332 e. The second-order valence-electron chi connectivity index (χ2n) is 6.15. The van der Waals surface area contributed by atoms with E-state index in [1.165, 1.54) is 0 Å². The van der Waals surface area contributed by atoms with Crippen LogP contribution in [0.1, 0.15) is 47.9 Å². The Kier molecular flexibility index (Phi) is 4.00. The summed E-state index contributed by atoms with van der Waals surface area (Å²) in [5.74, 6) is 0.130. The minimum atomic E-state index is 0.112. The number of aromatic amines is 1. The Balaban J connectivity index is 1.80. The number of likely N-dealkylation sites (tertiary alicyclic amines) is 1. The minimum Gasteiger partial charge on any atom is -0.332 e. The standard InChI is InChI=1S/C16H23N5O/c1-11-9-17-18-16(11)14-6-4-5-7-20(14)15(22)10-21-13(3)8-12(2)19-21/h8-9,14H,4-7,10H2,1-3H3,(H,17,18). The van der Waals surface area contributed by atoms with Crippen LogP contribution >= 0.6 is 0 Å². The Morgan fingerprint density at radius 2 is 2.18 bits per heavy atom. The number of carbonyl (C=O) groups is 1. The van der Waals surface area contributed by atoms with Gasteiger partial charge in [-0.15, -0.1) is 0 Å². The third-order valence-electron chi connectivity index (χ3n) is 4.41. The molecule has 1 unspecified atom stereocenters. The number of aryl methyl sites for hydroxylation is 3. The number of amides is 1. The van der Waals surface area contributed by atoms with Crippen LogP contribution in [0, 0.1) is 20.8 Å². The van der Waals surface area contributed by atoms with Crippen molar-refractivity contribution in [1.82, 2.24) is 24.9 Å². The van der Waals surface area contributed by atoms with Gasteiger partial charge in [0.25, 0.3) is 0 Å². The highest BCUT2D eigenvalue weighted by atomic mass is 16.2. The van der Waals surface area contributed by atoms with E-state index in [0.717, 1.165) is 48.5 Å². The maximum atomic E-state index is 12.8. The van der Waals surface area contributed by atoms with Crippen LogP contribution in [-0.2, 0) is 11.3 Å². The lowest BCUT2D eigenvalue weighted by Crippen LogP contribution is -2.41. The van der Waals surface area contributed by atoms with Gasteiger partial charge in [-0.3, -0.25) is 14.6 Å². The van der Waals surface area contributed by atoms with Gasteiger partial charge in [-0.05, 0) is 51.7 Å². The second-order valence-corrected chi connectivity index (χ2v) is 6.15. The van der Waals surface area contributed by atoms with Crippen LogP contribution < -0.4 is 0 Å². The van der Waals surface area contributed by atoms with Gasteiger partial charge >= 0.3 is 0 Å². The fourth-order valence-electron chi connectivity index (χ4n) is 3.28. The van der Waals surface area contributed by atoms with E-state index in [0.29, 0.717) is 6.54 Å². The third-order valence-corrected chi connectivity index (χ3v) is 4.41. The van der Waals surface area contributed by atoms with E-state index in [-0.39, 0.29) is 11.9 Å². The molecular weight excluding hydrogens is 278 g/mol. The van der Waals surface area contributed by atoms with Crippen LogP contribution in [-0.4, -0.2) is 37.3 Å². The molecule has 1 atom stereocenters. The highest BCUT2D eigenvalue weighted by molar-refractivity contribution is 5.76. The molecule has 0 spiro atoms. The van der Waals surface area contributed by atoms with Crippen LogP contribution in [0.4, 0.5) is 0 Å². The lowest BCUT2D eigenvalue weighted by molar-refractivity contribution is -0.136. The summed E-state index contributed by atoms with van der Waals surface area (Å²) >= 11 is 0. The monoisotopic (exact) mass is 301 g/mol. The van der Waals surface area contributed by atoms with Crippen LogP contribution in [0.25, 0.3) is 0 Å². The molecule has 1 amide bonds. The van der Waals surface area contributed by atoms with Gasteiger partial charge in [-0.1, -0.05) is 0 Å². The van der Waals surface area contributed by atoms with Crippen molar-refractivity contribution in [3.8, 4) is 0 Å². The van der Waals surface area contributed by atoms with Crippen molar-refractivity contribution in [2.45, 2.75) is 52.6 Å². The van der Waals surface area contributed by atoms with Crippen molar-refractivity contribution in [1.29, 1.82) is 0 Å². The Hall–Kier alpha value is -2.11. The fourth-order valence-corrected chi connectivity index (χ4v) is 3.28. The molecule has 0 radical (unpaired) electrons. The number of piperidine rings is 1. The van der Waals surface area contributed by atoms with E-state index < -0.39 is 0 Å². The van der Waals surface area contributed by atoms with Gasteiger partial charge < -0.3 is 4.90 Å². The van der Waals surface area contributed by atoms with Crippen molar-refractivity contribution in [3.63, 3.8) is 0 Å². The molecule has 1 fully saturated rings. The van der Waals surface area contributed by atoms with Gasteiger partial charge in [0.15, 0.2) is 0 Å². The van der Waals surface area contributed by atoms with E-state index in [9.17, 15) is 4.79 Å². The third kappa shape index (κ3) is 2.77. The topological polar surface area (TPSA) is 66.8 Å². The highest BCUT2D eigenvalue weighted by Gasteiger charge is 2.30. The van der Waals surface area contributed by atoms with Crippen molar-refractivity contribution in [3.05, 3.63) is 34.9 Å². The van der Waals surface area contributed by atoms with Crippen LogP contribution in [0.15, 0.2) is 12.3 Å². The number of carbonyl (C=O) groups excluding carboxylic acids is 1. The highest BCUT2D eigenvalue weighted by Crippen LogP contribution is 2.31. The Bertz CT molecular complexity index is 672. The Labute approximate surface area is 130 Å². The summed E-state index contributed by atoms with van der Waals surface area (Å²) in [6.07, 6.45) is 5.03. The first-order chi connectivity index (χ1) is 10.6. The number of hydrogen-bond acceptors (Lipinski definition) is 3. The molecule has 1 saturated heterocycles. The zero-order valence-corrected chi connectivity index (χ0v) is 13.5. The Morgan fingerprint density at radius 3 is 2.82 bits per heavy atom. The summed E-state index contributed by atoms with van der Waals surface area (Å²) in [6.45, 7) is 7.09. The molecule has 1 aliphatic rings. The normalized spacial score (nSPS) is 18.7. The summed E-state index contributed by atoms with van der Waals surface area (Å²) in [6, 6.07) is 2.11. The average molecular weight is 301 g/mol. The van der Waals surface area contributed by atoms with E-state index in [1.54, 1.807) is 4.68 Å². The predicted molar refractivity (Wildman–Crippen MR) is 83.3 cm³/mol. The smallest absolute Gasteiger partial charge is 0.244 e. The van der Waals surface area contributed by atoms with Gasteiger partial charge in [0.05, 0.1) is 23.6 Å². The maximum absolute atomic E-state index is 12.8. The van der Waals surface area contributed by atoms with Gasteiger partial charge in [-0.2, -0.15) is 10.2 Å². The molecule has 118 valence electrons. The molecule has 1 N–H and O–H groups in total. The first-order valence-electron chi connectivity index (χ1n) is 7.86. The Morgan fingerprint density at radius 1 is 1.36 bits per heavy atom. The van der Waals surface area contributed by atoms with Gasteiger partial charge in [0, 0.05) is 12.2 Å². The molecule has 2 aromatic rings. The van der Waals surface area contributed by atoms with Crippen LogP contribution in [0.5, 0.6) is 0 Å². The van der Waals surface area contributed by atoms with Crippen LogP contribution in [0.3, 0.4) is 0 Å². The molecule has 22 heavy (non-hydrogen) atoms. The zero-order chi connectivity index (χ0) is 15.7. The van der Waals surface area contributed by atoms with Gasteiger partial charge in [0.1, 0.15) is 6.54 Å². The summed E-state index contributed by atoms with van der Waals surface area (Å²) in [5.41, 5.74) is 4.17. The van der Waals surface area contributed by atoms with Crippen molar-refractivity contribution in [2.24, 2.45) is 0 Å². The molecule has 0 saturated carbocycles. The molecule has 2 aromatic heterocycles. The summed E-state index contributed by atoms with van der Waals surface area (Å²) in [5, 5.41) is 11.6. The van der Waals surface area contributed by atoms with E-state index >= 15 is 0 Å². The number of nitrogens with one attached hydrogen (secondary N) is 1. The maximum Gasteiger partial charge on any atom is 0.244 e. The summed E-state index contributed by atoms with van der Waals surface area (Å²) in [4.78, 5) is 14.8. The lowest BCUT2D eigenvalue weighted by Gasteiger charge is -2.35. The lowest BCUT2D eigenvalue weighted by atomic mass is 9.97. The van der Waals surface area contributed by atoms with Crippen molar-refractivity contribution < 1.29 is 4.79 Å². The molecule has 0 aliphatic carbocycles. The number of nitrogens with zero attached hydrogens (tertiary/aromatic N) is 4. The minimum absolute atomic E-state index is 0.112. The molecule has 1 aliphatic heterocycles. The van der Waals surface area contributed by atoms with E-state index in [2.05, 4.69) is 15.3 Å². The number of rotatable bonds is 3. The van der Waals surface area contributed by atoms with Gasteiger partial charge in [-0.25, -0.2) is 0 Å². The summed E-state index contributed by atoms with van der Waals surface area (Å²) < 4.78 is 1.79. The van der Waals surface area contributed by atoms with Gasteiger partial charge in [0.2, 0.25) is 5.91 Å². The van der Waals surface area contributed by atoms with Crippen molar-refractivity contribution >= 4 is 5.91 Å². The molecule has 0 aromatic carbocycles. The van der Waals surface area contributed by atoms with Crippen molar-refractivity contribution in [2.75, 3.05) is 6.54 Å². The number of H-pyrrole nitrogens is 1. The zero-order valence-electron chi connectivity index (χ0n) is 13.5. The molecule has 6 nitrogen and oxygen atoms in total. The molecule has 6 heteroatoms. The van der Waals surface area contributed by atoms with E-state index in [4.69, 9.17) is 0 Å². The molecule has 0 bridgehead atoms. The number of hydrogen-bond donors (Lipinski definition) is 1. The molecular formula is C16H23N5O. The second kappa shape index (κ2) is 5.94. The predicted octanol–water partition coefficient (Wildman–Crippen LogP) is 2.29. The first-order valence-corrected chi connectivity index (χ1v) is 7.86. The average Bonchev–Trinajstić information content (AvgIpc) is 3.04.